The van der Waals surface area contributed by atoms with Crippen LogP contribution in [0.2, 0.25) is 0 Å². The average molecular weight is 236 g/mol. The van der Waals surface area contributed by atoms with Gasteiger partial charge in [-0.3, -0.25) is 0 Å². The van der Waals surface area contributed by atoms with E-state index in [-0.39, 0.29) is 41.5 Å². The van der Waals surface area contributed by atoms with Gasteiger partial charge in [-0.15, -0.1) is 0 Å². The second-order valence-corrected chi connectivity index (χ2v) is 0.492. The van der Waals surface area contributed by atoms with Gasteiger partial charge in [0.2, 0.25) is 0 Å². The van der Waals surface area contributed by atoms with E-state index >= 15 is 0 Å². The molecule has 0 spiro atoms. The monoisotopic (exact) mass is 235 g/mol. The second kappa shape index (κ2) is 9.26. The van der Waals surface area contributed by atoms with E-state index in [2.05, 4.69) is 0 Å². The molecule has 0 aliphatic rings. The fraction of sp³-hybridized carbons (Fsp3) is 0.500. The molecule has 0 aliphatic heterocycles. The number of hydrogen-bond acceptors (Lipinski definition) is 2. The van der Waals surface area contributed by atoms with Crippen molar-refractivity contribution >= 4 is 30.4 Å². The number of carbonyl (C=O) groups excluding carboxylic acids is 1. The maximum Gasteiger partial charge on any atom is 3.00 e. The number of carboxylic acid groups (broad SMARTS) is 1. The molecule has 0 aliphatic carbocycles. The molecule has 0 saturated heterocycles. The van der Waals surface area contributed by atoms with Crippen molar-refractivity contribution in [3.63, 3.8) is 0 Å². The molecule has 0 aromatic carbocycles. The van der Waals surface area contributed by atoms with Crippen molar-refractivity contribution in [2.24, 2.45) is 0 Å². The van der Waals surface area contributed by atoms with Crippen molar-refractivity contribution in [2.45, 2.75) is 6.92 Å². The van der Waals surface area contributed by atoms with Gasteiger partial charge < -0.3 is 9.90 Å². The van der Waals surface area contributed by atoms with Gasteiger partial charge in [-0.1, -0.05) is 0 Å². The van der Waals surface area contributed by atoms with Gasteiger partial charge in [0.1, 0.15) is 0 Å². The molecule has 0 aromatic rings. The fourth-order valence-electron chi connectivity index (χ4n) is 0. The quantitative estimate of drug-likeness (QED) is 0.474. The fourth-order valence-corrected chi connectivity index (χ4v) is 0. The van der Waals surface area contributed by atoms with Crippen LogP contribution in [0.1, 0.15) is 6.92 Å². The van der Waals surface area contributed by atoms with Crippen LogP contribution in [-0.4, -0.2) is 30.4 Å². The van der Waals surface area contributed by atoms with Crippen LogP contribution in [0.15, 0.2) is 0 Å². The Kier molecular flexibility index (Phi) is 24.4. The van der Waals surface area contributed by atoms with Gasteiger partial charge in [0.15, 0.2) is 0 Å². The molecule has 0 heterocycles. The third kappa shape index (κ3) is 107. The van der Waals surface area contributed by atoms with Crippen LogP contribution in [0.4, 0.5) is 0 Å². The Hall–Kier alpha value is 0.808. The number of rotatable bonds is 0. The Bertz CT molecular complexity index is 34.5. The molecule has 6 heavy (non-hydrogen) atoms. The zero-order valence-electron chi connectivity index (χ0n) is 3.14. The molecular formula is C2H3MnO2Sb+4. The van der Waals surface area contributed by atoms with Gasteiger partial charge in [-0.25, -0.2) is 0 Å². The van der Waals surface area contributed by atoms with Crippen molar-refractivity contribution in [2.75, 3.05) is 0 Å². The SMILES string of the molecule is CC(=O)[O-].[Mn+2].[Sb+3]. The summed E-state index contributed by atoms with van der Waals surface area (Å²) in [7, 11) is 0. The van der Waals surface area contributed by atoms with Crippen molar-refractivity contribution in [1.82, 2.24) is 0 Å². The number of aliphatic carboxylic acids is 1. The zero-order valence-corrected chi connectivity index (χ0v) is 6.87. The third-order valence-electron chi connectivity index (χ3n) is 0. The Morgan fingerprint density at radius 1 is 1.67 bits per heavy atom. The van der Waals surface area contributed by atoms with E-state index in [1.165, 1.54) is 0 Å². The van der Waals surface area contributed by atoms with E-state index in [4.69, 9.17) is 9.90 Å². The van der Waals surface area contributed by atoms with Crippen LogP contribution in [0.25, 0.3) is 0 Å². The molecule has 0 N–H and O–H groups in total. The zero-order chi connectivity index (χ0) is 3.58. The third-order valence-corrected chi connectivity index (χ3v) is 0. The standard InChI is InChI=1S/C2H4O2.Mn.Sb/c1-2(3)4;;/h1H3,(H,3,4);;/q;+2;+3/p-1. The molecular weight excluding hydrogens is 233 g/mol. The summed E-state index contributed by atoms with van der Waals surface area (Å²) in [5.74, 6) is -1.08. The van der Waals surface area contributed by atoms with E-state index in [1.54, 1.807) is 0 Å². The molecule has 0 amide bonds. The Labute approximate surface area is 64.2 Å². The van der Waals surface area contributed by atoms with Crippen molar-refractivity contribution in [3.8, 4) is 0 Å². The smallest absolute Gasteiger partial charge is 0.550 e. The van der Waals surface area contributed by atoms with E-state index in [0.29, 0.717) is 0 Å². The molecule has 2 nitrogen and oxygen atoms in total. The molecule has 3 radical (unpaired) electrons. The maximum atomic E-state index is 8.89. The van der Waals surface area contributed by atoms with E-state index in [9.17, 15) is 0 Å². The molecule has 0 rings (SSSR count). The number of hydrogen-bond donors (Lipinski definition) is 0. The Balaban J connectivity index is -0.0000000450. The molecule has 0 fully saturated rings. The van der Waals surface area contributed by atoms with Crippen LogP contribution in [-0.2, 0) is 21.9 Å². The van der Waals surface area contributed by atoms with Crippen LogP contribution in [0.3, 0.4) is 0 Å². The largest absolute Gasteiger partial charge is 3.00 e. The molecule has 0 bridgehead atoms. The van der Waals surface area contributed by atoms with Crippen molar-refractivity contribution < 1.29 is 27.0 Å². The minimum absolute atomic E-state index is 0. The summed E-state index contributed by atoms with van der Waals surface area (Å²) in [5, 5.41) is 8.89. The molecule has 0 unspecified atom stereocenters. The van der Waals surface area contributed by atoms with E-state index in [0.717, 1.165) is 6.92 Å². The molecule has 0 atom stereocenters. The van der Waals surface area contributed by atoms with Crippen LogP contribution in [0.5, 0.6) is 0 Å². The topological polar surface area (TPSA) is 40.1 Å². The van der Waals surface area contributed by atoms with Gasteiger partial charge >= 0.3 is 41.5 Å². The number of carbonyl (C=O) groups is 1. The molecule has 4 heteroatoms. The van der Waals surface area contributed by atoms with Gasteiger partial charge in [0, 0.05) is 5.97 Å². The van der Waals surface area contributed by atoms with Crippen LogP contribution in [0, 0.1) is 0 Å². The van der Waals surface area contributed by atoms with E-state index in [1.807, 2.05) is 0 Å². The average Bonchev–Trinajstić information content (AvgIpc) is 0.811. The van der Waals surface area contributed by atoms with Crippen LogP contribution < -0.4 is 5.11 Å². The first kappa shape index (κ1) is 15.8. The van der Waals surface area contributed by atoms with Gasteiger partial charge in [0.05, 0.1) is 0 Å². The Morgan fingerprint density at radius 3 is 1.67 bits per heavy atom. The summed E-state index contributed by atoms with van der Waals surface area (Å²) in [6.07, 6.45) is 0. The first-order valence-electron chi connectivity index (χ1n) is 0.908. The minimum atomic E-state index is -1.08. The predicted molar refractivity (Wildman–Crippen MR) is 16.4 cm³/mol. The summed E-state index contributed by atoms with van der Waals surface area (Å²) in [5.41, 5.74) is 0. The molecule has 0 saturated carbocycles. The van der Waals surface area contributed by atoms with Gasteiger partial charge in [0.25, 0.3) is 0 Å². The summed E-state index contributed by atoms with van der Waals surface area (Å²) < 4.78 is 0. The van der Waals surface area contributed by atoms with Crippen molar-refractivity contribution in [1.29, 1.82) is 0 Å². The van der Waals surface area contributed by atoms with Crippen molar-refractivity contribution in [3.05, 3.63) is 0 Å². The van der Waals surface area contributed by atoms with Gasteiger partial charge in [-0.2, -0.15) is 0 Å². The first-order chi connectivity index (χ1) is 1.73. The summed E-state index contributed by atoms with van der Waals surface area (Å²) in [6.45, 7) is 0.972. The summed E-state index contributed by atoms with van der Waals surface area (Å²) in [6, 6.07) is 0. The van der Waals surface area contributed by atoms with Gasteiger partial charge in [-0.05, 0) is 6.92 Å². The summed E-state index contributed by atoms with van der Waals surface area (Å²) >= 11 is 0. The maximum absolute atomic E-state index is 8.89. The molecule has 0 aromatic heterocycles. The summed E-state index contributed by atoms with van der Waals surface area (Å²) in [4.78, 5) is 8.89. The Morgan fingerprint density at radius 2 is 1.67 bits per heavy atom. The van der Waals surface area contributed by atoms with Crippen LogP contribution >= 0.6 is 0 Å². The van der Waals surface area contributed by atoms with E-state index < -0.39 is 5.97 Å². The normalized spacial score (nSPS) is 4.17. The molecule has 31 valence electrons. The number of carboxylic acids is 1. The predicted octanol–water partition coefficient (Wildman–Crippen LogP) is -1.63. The second-order valence-electron chi connectivity index (χ2n) is 0.492. The minimum Gasteiger partial charge on any atom is -0.550 e. The first-order valence-corrected chi connectivity index (χ1v) is 0.908.